The molecule has 0 fully saturated rings. The summed E-state index contributed by atoms with van der Waals surface area (Å²) in [5, 5.41) is 4.61. The third-order valence-electron chi connectivity index (χ3n) is 2.46. The predicted molar refractivity (Wildman–Crippen MR) is 66.6 cm³/mol. The number of rotatable bonds is 3. The maximum absolute atomic E-state index is 13.5. The fourth-order valence-electron chi connectivity index (χ4n) is 1.58. The van der Waals surface area contributed by atoms with Gasteiger partial charge in [0.2, 0.25) is 0 Å². The maximum atomic E-state index is 13.5. The molecule has 0 radical (unpaired) electrons. The third-order valence-corrected chi connectivity index (χ3v) is 3.33. The molecule has 0 saturated carbocycles. The quantitative estimate of drug-likeness (QED) is 0.887. The summed E-state index contributed by atoms with van der Waals surface area (Å²) in [6.45, 7) is 1.77. The lowest BCUT2D eigenvalue weighted by atomic mass is 10.1. The Morgan fingerprint density at radius 3 is 2.71 bits per heavy atom. The zero-order valence-electron chi connectivity index (χ0n) is 9.31. The minimum absolute atomic E-state index is 0.171. The molecule has 2 nitrogen and oxygen atoms in total. The number of amides is 1. The van der Waals surface area contributed by atoms with Crippen LogP contribution in [-0.2, 0) is 0 Å². The highest BCUT2D eigenvalue weighted by molar-refractivity contribution is 7.12. The van der Waals surface area contributed by atoms with E-state index in [4.69, 9.17) is 0 Å². The van der Waals surface area contributed by atoms with Gasteiger partial charge in [-0.15, -0.1) is 11.3 Å². The highest BCUT2D eigenvalue weighted by Crippen LogP contribution is 2.17. The Morgan fingerprint density at radius 1 is 1.29 bits per heavy atom. The van der Waals surface area contributed by atoms with Crippen LogP contribution in [0.15, 0.2) is 41.8 Å². The summed E-state index contributed by atoms with van der Waals surface area (Å²) in [7, 11) is 0. The summed E-state index contributed by atoms with van der Waals surface area (Å²) in [5.41, 5.74) is 0.498. The van der Waals surface area contributed by atoms with Crippen molar-refractivity contribution in [1.29, 1.82) is 0 Å². The summed E-state index contributed by atoms with van der Waals surface area (Å²) in [4.78, 5) is 12.4. The Bertz CT molecular complexity index is 510. The van der Waals surface area contributed by atoms with Crippen molar-refractivity contribution in [1.82, 2.24) is 5.32 Å². The molecule has 1 aromatic heterocycles. The van der Waals surface area contributed by atoms with Crippen molar-refractivity contribution in [3.05, 3.63) is 58.0 Å². The minimum atomic E-state index is -0.342. The molecule has 4 heteroatoms. The number of carbonyl (C=O) groups excluding carboxylic acids is 1. The molecule has 0 spiro atoms. The van der Waals surface area contributed by atoms with Gasteiger partial charge in [0.05, 0.1) is 10.9 Å². The summed E-state index contributed by atoms with van der Waals surface area (Å²) in [6, 6.07) is 9.67. The number of nitrogens with one attached hydrogen (secondary N) is 1. The van der Waals surface area contributed by atoms with Crippen LogP contribution >= 0.6 is 11.3 Å². The van der Waals surface area contributed by atoms with E-state index in [0.717, 1.165) is 0 Å². The van der Waals surface area contributed by atoms with E-state index in [-0.39, 0.29) is 17.8 Å². The molecular formula is C13H12FNOS. The van der Waals surface area contributed by atoms with Gasteiger partial charge in [-0.3, -0.25) is 4.79 Å². The summed E-state index contributed by atoms with van der Waals surface area (Å²) >= 11 is 1.37. The zero-order valence-corrected chi connectivity index (χ0v) is 10.1. The smallest absolute Gasteiger partial charge is 0.261 e. The molecule has 1 heterocycles. The number of hydrogen-bond donors (Lipinski definition) is 1. The number of carbonyl (C=O) groups is 1. The van der Waals surface area contributed by atoms with E-state index < -0.39 is 0 Å². The normalized spacial score (nSPS) is 12.1. The van der Waals surface area contributed by atoms with Gasteiger partial charge in [0, 0.05) is 5.56 Å². The molecule has 0 bridgehead atoms. The fourth-order valence-corrected chi connectivity index (χ4v) is 2.21. The lowest BCUT2D eigenvalue weighted by Gasteiger charge is -2.14. The van der Waals surface area contributed by atoms with Crippen molar-refractivity contribution in [3.63, 3.8) is 0 Å². The van der Waals surface area contributed by atoms with Crippen LogP contribution in [0.2, 0.25) is 0 Å². The summed E-state index contributed by atoms with van der Waals surface area (Å²) < 4.78 is 13.5. The Balaban J connectivity index is 2.10. The van der Waals surface area contributed by atoms with Gasteiger partial charge >= 0.3 is 0 Å². The van der Waals surface area contributed by atoms with E-state index in [0.29, 0.717) is 10.4 Å². The number of halogens is 1. The van der Waals surface area contributed by atoms with Crippen molar-refractivity contribution in [2.24, 2.45) is 0 Å². The van der Waals surface area contributed by atoms with E-state index in [1.165, 1.54) is 17.4 Å². The fraction of sp³-hybridized carbons (Fsp3) is 0.154. The van der Waals surface area contributed by atoms with Crippen LogP contribution in [0.5, 0.6) is 0 Å². The number of benzene rings is 1. The second-order valence-electron chi connectivity index (χ2n) is 3.69. The van der Waals surface area contributed by atoms with Crippen molar-refractivity contribution >= 4 is 17.2 Å². The van der Waals surface area contributed by atoms with E-state index in [1.54, 1.807) is 31.2 Å². The molecule has 0 saturated heterocycles. The Labute approximate surface area is 103 Å². The van der Waals surface area contributed by atoms with Gasteiger partial charge in [-0.2, -0.15) is 0 Å². The molecule has 0 aliphatic carbocycles. The van der Waals surface area contributed by atoms with Gasteiger partial charge in [0.1, 0.15) is 5.82 Å². The first-order valence-electron chi connectivity index (χ1n) is 5.27. The zero-order chi connectivity index (χ0) is 12.3. The highest BCUT2D eigenvalue weighted by Gasteiger charge is 2.14. The lowest BCUT2D eigenvalue weighted by molar-refractivity contribution is 0.0943. The summed E-state index contributed by atoms with van der Waals surface area (Å²) in [6.07, 6.45) is 0. The van der Waals surface area contributed by atoms with Gasteiger partial charge in [0.15, 0.2) is 0 Å². The average molecular weight is 249 g/mol. The predicted octanol–water partition coefficient (Wildman–Crippen LogP) is 3.38. The molecule has 0 unspecified atom stereocenters. The molecule has 1 N–H and O–H groups in total. The molecule has 1 aromatic carbocycles. The van der Waals surface area contributed by atoms with Gasteiger partial charge in [0.25, 0.3) is 5.91 Å². The van der Waals surface area contributed by atoms with E-state index in [1.807, 2.05) is 11.4 Å². The molecule has 88 valence electrons. The van der Waals surface area contributed by atoms with Crippen LogP contribution in [0.1, 0.15) is 28.2 Å². The SMILES string of the molecule is C[C@H](NC(=O)c1cccs1)c1ccccc1F. The van der Waals surface area contributed by atoms with E-state index >= 15 is 0 Å². The van der Waals surface area contributed by atoms with Crippen molar-refractivity contribution in [3.8, 4) is 0 Å². The third kappa shape index (κ3) is 2.71. The number of hydrogen-bond acceptors (Lipinski definition) is 2. The minimum Gasteiger partial charge on any atom is -0.345 e. The second kappa shape index (κ2) is 5.10. The van der Waals surface area contributed by atoms with Crippen LogP contribution in [0, 0.1) is 5.82 Å². The van der Waals surface area contributed by atoms with Gasteiger partial charge in [-0.05, 0) is 24.4 Å². The van der Waals surface area contributed by atoms with Crippen LogP contribution in [0.4, 0.5) is 4.39 Å². The van der Waals surface area contributed by atoms with Crippen LogP contribution in [-0.4, -0.2) is 5.91 Å². The van der Waals surface area contributed by atoms with Crippen molar-refractivity contribution in [2.75, 3.05) is 0 Å². The average Bonchev–Trinajstić information content (AvgIpc) is 2.82. The van der Waals surface area contributed by atoms with E-state index in [2.05, 4.69) is 5.32 Å². The summed E-state index contributed by atoms with van der Waals surface area (Å²) in [5.74, 6) is -0.470. The van der Waals surface area contributed by atoms with Gasteiger partial charge in [-0.25, -0.2) is 4.39 Å². The Kier molecular flexibility index (Phi) is 3.54. The first-order valence-corrected chi connectivity index (χ1v) is 6.15. The maximum Gasteiger partial charge on any atom is 0.261 e. The first kappa shape index (κ1) is 11.8. The molecule has 0 aliphatic rings. The van der Waals surface area contributed by atoms with Gasteiger partial charge < -0.3 is 5.32 Å². The standard InChI is InChI=1S/C13H12FNOS/c1-9(10-5-2-3-6-11(10)14)15-13(16)12-7-4-8-17-12/h2-9H,1H3,(H,15,16)/t9-/m0/s1. The molecular weight excluding hydrogens is 237 g/mol. The Morgan fingerprint density at radius 2 is 2.06 bits per heavy atom. The van der Waals surface area contributed by atoms with Crippen molar-refractivity contribution < 1.29 is 9.18 Å². The molecule has 2 aromatic rings. The molecule has 0 aliphatic heterocycles. The lowest BCUT2D eigenvalue weighted by Crippen LogP contribution is -2.26. The van der Waals surface area contributed by atoms with Crippen LogP contribution < -0.4 is 5.32 Å². The molecule has 1 atom stereocenters. The molecule has 1 amide bonds. The van der Waals surface area contributed by atoms with Gasteiger partial charge in [-0.1, -0.05) is 24.3 Å². The van der Waals surface area contributed by atoms with E-state index in [9.17, 15) is 9.18 Å². The molecule has 2 rings (SSSR count). The van der Waals surface area contributed by atoms with Crippen molar-refractivity contribution in [2.45, 2.75) is 13.0 Å². The molecule has 17 heavy (non-hydrogen) atoms. The monoisotopic (exact) mass is 249 g/mol. The second-order valence-corrected chi connectivity index (χ2v) is 4.64. The topological polar surface area (TPSA) is 29.1 Å². The highest BCUT2D eigenvalue weighted by atomic mass is 32.1. The first-order chi connectivity index (χ1) is 8.18. The number of thiophene rings is 1. The Hall–Kier alpha value is -1.68. The largest absolute Gasteiger partial charge is 0.345 e. The van der Waals surface area contributed by atoms with Crippen LogP contribution in [0.25, 0.3) is 0 Å². The van der Waals surface area contributed by atoms with Crippen LogP contribution in [0.3, 0.4) is 0 Å².